The number of rotatable bonds is 6. The fraction of sp³-hybridized carbons (Fsp3) is 0.421. The number of benzene rings is 1. The third-order valence-corrected chi connectivity index (χ3v) is 4.83. The van der Waals surface area contributed by atoms with Crippen molar-refractivity contribution in [1.82, 2.24) is 15.3 Å². The van der Waals surface area contributed by atoms with Gasteiger partial charge < -0.3 is 15.7 Å². The van der Waals surface area contributed by atoms with Gasteiger partial charge in [0.15, 0.2) is 0 Å². The number of carbonyl (C=O) groups excluding carboxylic acids is 1. The Morgan fingerprint density at radius 3 is 2.58 bits per heavy atom. The van der Waals surface area contributed by atoms with Crippen molar-refractivity contribution in [2.45, 2.75) is 39.2 Å². The molecule has 3 rings (SSSR count). The van der Waals surface area contributed by atoms with Crippen molar-refractivity contribution < 1.29 is 9.90 Å². The molecule has 2 aromatic rings. The summed E-state index contributed by atoms with van der Waals surface area (Å²) in [4.78, 5) is 21.1. The first kappa shape index (κ1) is 18.6. The Kier molecular flexibility index (Phi) is 5.74. The van der Waals surface area contributed by atoms with Gasteiger partial charge >= 0.3 is 0 Å². The fourth-order valence-electron chi connectivity index (χ4n) is 3.11. The molecule has 1 aliphatic carbocycles. The Bertz CT molecular complexity index is 786. The maximum Gasteiger partial charge on any atom is 0.252 e. The van der Waals surface area contributed by atoms with Crippen LogP contribution in [0, 0.1) is 19.8 Å². The minimum atomic E-state index is -0.208. The first-order valence-corrected chi connectivity index (χ1v) is 9.13. The molecule has 0 spiro atoms. The highest BCUT2D eigenvalue weighted by atomic mass is 35.5. The van der Waals surface area contributed by atoms with Crippen LogP contribution in [0.3, 0.4) is 0 Å². The minimum absolute atomic E-state index is 0.166. The molecule has 3 N–H and O–H groups in total. The summed E-state index contributed by atoms with van der Waals surface area (Å²) < 4.78 is 0. The molecule has 0 saturated heterocycles. The summed E-state index contributed by atoms with van der Waals surface area (Å²) in [5.41, 5.74) is 2.85. The Labute approximate surface area is 158 Å². The van der Waals surface area contributed by atoms with Gasteiger partial charge in [-0.05, 0) is 63.3 Å². The van der Waals surface area contributed by atoms with Gasteiger partial charge in [0.05, 0.1) is 16.7 Å². The number of nitrogens with one attached hydrogen (secondary N) is 2. The summed E-state index contributed by atoms with van der Waals surface area (Å²) in [5.74, 6) is 0.773. The van der Waals surface area contributed by atoms with Crippen LogP contribution in [0.25, 0.3) is 0 Å². The van der Waals surface area contributed by atoms with Crippen molar-refractivity contribution in [1.29, 1.82) is 0 Å². The molecule has 1 amide bonds. The number of halogens is 1. The maximum absolute atomic E-state index is 12.4. The second-order valence-electron chi connectivity index (χ2n) is 6.83. The van der Waals surface area contributed by atoms with Crippen molar-refractivity contribution in [3.63, 3.8) is 0 Å². The number of hydrogen-bond donors (Lipinski definition) is 3. The SMILES string of the molecule is Cc1cc(C)nc(Nc2ccc(Cl)c(C(=O)NCCC3CC(O)C3)c2)n1. The van der Waals surface area contributed by atoms with Gasteiger partial charge in [-0.15, -0.1) is 0 Å². The molecule has 26 heavy (non-hydrogen) atoms. The molecule has 1 saturated carbocycles. The number of hydrogen-bond acceptors (Lipinski definition) is 5. The average Bonchev–Trinajstić information content (AvgIpc) is 2.54. The van der Waals surface area contributed by atoms with E-state index in [-0.39, 0.29) is 12.0 Å². The summed E-state index contributed by atoms with van der Waals surface area (Å²) in [5, 5.41) is 15.7. The summed E-state index contributed by atoms with van der Waals surface area (Å²) in [6.07, 6.45) is 2.35. The Hall–Kier alpha value is -2.18. The van der Waals surface area contributed by atoms with Crippen molar-refractivity contribution in [3.8, 4) is 0 Å². The molecule has 1 aromatic heterocycles. The van der Waals surface area contributed by atoms with E-state index in [0.717, 1.165) is 30.7 Å². The first-order chi connectivity index (χ1) is 12.4. The Morgan fingerprint density at radius 1 is 1.23 bits per heavy atom. The lowest BCUT2D eigenvalue weighted by Crippen LogP contribution is -2.33. The summed E-state index contributed by atoms with van der Waals surface area (Å²) in [6.45, 7) is 4.38. The number of anilines is 2. The number of nitrogens with zero attached hydrogens (tertiary/aromatic N) is 2. The highest BCUT2D eigenvalue weighted by Gasteiger charge is 2.26. The highest BCUT2D eigenvalue weighted by molar-refractivity contribution is 6.34. The molecule has 1 aromatic carbocycles. The molecule has 1 heterocycles. The summed E-state index contributed by atoms with van der Waals surface area (Å²) in [6, 6.07) is 7.07. The van der Waals surface area contributed by atoms with Crippen LogP contribution in [0.1, 0.15) is 41.0 Å². The second-order valence-corrected chi connectivity index (χ2v) is 7.24. The van der Waals surface area contributed by atoms with E-state index in [9.17, 15) is 9.90 Å². The second kappa shape index (κ2) is 8.01. The van der Waals surface area contributed by atoms with Gasteiger partial charge in [0.2, 0.25) is 5.95 Å². The van der Waals surface area contributed by atoms with E-state index in [1.165, 1.54) is 0 Å². The maximum atomic E-state index is 12.4. The smallest absolute Gasteiger partial charge is 0.252 e. The molecule has 7 heteroatoms. The van der Waals surface area contributed by atoms with Crippen LogP contribution >= 0.6 is 11.6 Å². The van der Waals surface area contributed by atoms with Gasteiger partial charge in [0, 0.05) is 23.6 Å². The molecule has 0 atom stereocenters. The van der Waals surface area contributed by atoms with Crippen molar-refractivity contribution in [2.75, 3.05) is 11.9 Å². The van der Waals surface area contributed by atoms with Crippen molar-refractivity contribution >= 4 is 29.1 Å². The predicted molar refractivity (Wildman–Crippen MR) is 102 cm³/mol. The molecule has 0 bridgehead atoms. The third-order valence-electron chi connectivity index (χ3n) is 4.50. The number of aromatic nitrogens is 2. The number of aliphatic hydroxyl groups is 1. The van der Waals surface area contributed by atoms with Gasteiger partial charge in [-0.25, -0.2) is 9.97 Å². The van der Waals surface area contributed by atoms with E-state index in [1.807, 2.05) is 19.9 Å². The normalized spacial score (nSPS) is 18.9. The molecule has 138 valence electrons. The topological polar surface area (TPSA) is 87.1 Å². The molecular formula is C19H23ClN4O2. The molecule has 1 fully saturated rings. The van der Waals surface area contributed by atoms with E-state index in [0.29, 0.717) is 34.7 Å². The molecule has 0 aliphatic heterocycles. The van der Waals surface area contributed by atoms with Gasteiger partial charge in [0.1, 0.15) is 0 Å². The van der Waals surface area contributed by atoms with Gasteiger partial charge in [-0.2, -0.15) is 0 Å². The van der Waals surface area contributed by atoms with Gasteiger partial charge in [-0.1, -0.05) is 11.6 Å². The average molecular weight is 375 g/mol. The van der Waals surface area contributed by atoms with Crippen LogP contribution in [0.15, 0.2) is 24.3 Å². The van der Waals surface area contributed by atoms with E-state index in [2.05, 4.69) is 20.6 Å². The lowest BCUT2D eigenvalue weighted by molar-refractivity contribution is 0.0393. The van der Waals surface area contributed by atoms with E-state index >= 15 is 0 Å². The molecule has 0 unspecified atom stereocenters. The number of carbonyl (C=O) groups is 1. The molecule has 6 nitrogen and oxygen atoms in total. The van der Waals surface area contributed by atoms with Crippen LogP contribution in [0.2, 0.25) is 5.02 Å². The third kappa shape index (κ3) is 4.71. The molecule has 0 radical (unpaired) electrons. The number of aryl methyl sites for hydroxylation is 2. The van der Waals surface area contributed by atoms with Crippen LogP contribution in [0.5, 0.6) is 0 Å². The van der Waals surface area contributed by atoms with Crippen molar-refractivity contribution in [3.05, 3.63) is 46.2 Å². The largest absolute Gasteiger partial charge is 0.393 e. The predicted octanol–water partition coefficient (Wildman–Crippen LogP) is 3.38. The quantitative estimate of drug-likeness (QED) is 0.721. The number of aliphatic hydroxyl groups excluding tert-OH is 1. The monoisotopic (exact) mass is 374 g/mol. The zero-order valence-electron chi connectivity index (χ0n) is 14.9. The lowest BCUT2D eigenvalue weighted by Gasteiger charge is -2.31. The zero-order chi connectivity index (χ0) is 18.7. The van der Waals surface area contributed by atoms with Crippen LogP contribution < -0.4 is 10.6 Å². The molecular weight excluding hydrogens is 352 g/mol. The lowest BCUT2D eigenvalue weighted by atomic mass is 9.80. The highest BCUT2D eigenvalue weighted by Crippen LogP contribution is 2.29. The minimum Gasteiger partial charge on any atom is -0.393 e. The zero-order valence-corrected chi connectivity index (χ0v) is 15.7. The van der Waals surface area contributed by atoms with Gasteiger partial charge in [-0.3, -0.25) is 4.79 Å². The Balaban J connectivity index is 1.63. The number of amides is 1. The fourth-order valence-corrected chi connectivity index (χ4v) is 3.31. The van der Waals surface area contributed by atoms with Gasteiger partial charge in [0.25, 0.3) is 5.91 Å². The summed E-state index contributed by atoms with van der Waals surface area (Å²) >= 11 is 6.19. The first-order valence-electron chi connectivity index (χ1n) is 8.76. The Morgan fingerprint density at radius 2 is 1.92 bits per heavy atom. The van der Waals surface area contributed by atoms with Crippen LogP contribution in [-0.2, 0) is 0 Å². The summed E-state index contributed by atoms with van der Waals surface area (Å²) in [7, 11) is 0. The van der Waals surface area contributed by atoms with Crippen LogP contribution in [-0.4, -0.2) is 33.6 Å². The molecule has 1 aliphatic rings. The van der Waals surface area contributed by atoms with E-state index in [1.54, 1.807) is 18.2 Å². The van der Waals surface area contributed by atoms with Crippen molar-refractivity contribution in [2.24, 2.45) is 5.92 Å². The van der Waals surface area contributed by atoms with E-state index < -0.39 is 0 Å². The van der Waals surface area contributed by atoms with Crippen LogP contribution in [0.4, 0.5) is 11.6 Å². The van der Waals surface area contributed by atoms with E-state index in [4.69, 9.17) is 11.6 Å². The standard InChI is InChI=1S/C19H23ClN4O2/c1-11-7-12(2)23-19(22-11)24-14-3-4-17(20)16(10-14)18(26)21-6-5-13-8-15(25)9-13/h3-4,7,10,13,15,25H,5-6,8-9H2,1-2H3,(H,21,26)(H,22,23,24).